The third-order valence-electron chi connectivity index (χ3n) is 5.13. The van der Waals surface area contributed by atoms with Crippen LogP contribution >= 0.6 is 24.0 Å². The third-order valence-corrected chi connectivity index (χ3v) is 5.13. The molecular formula is C19H27IN4O3. The number of hydrogen-bond acceptors (Lipinski definition) is 4. The number of halogens is 1. The van der Waals surface area contributed by atoms with E-state index in [0.29, 0.717) is 5.96 Å². The number of ether oxygens (including phenoxy) is 1. The maximum Gasteiger partial charge on any atom is 0.308 e. The number of benzene rings is 1. The lowest BCUT2D eigenvalue weighted by molar-refractivity contribution is -0.146. The van der Waals surface area contributed by atoms with Crippen LogP contribution in [0.2, 0.25) is 0 Å². The van der Waals surface area contributed by atoms with Gasteiger partial charge in [0.25, 0.3) is 0 Å². The summed E-state index contributed by atoms with van der Waals surface area (Å²) in [6, 6.07) is 8.03. The van der Waals surface area contributed by atoms with E-state index in [1.54, 1.807) is 7.05 Å². The number of para-hydroxylation sites is 1. The molecule has 0 aromatic heterocycles. The van der Waals surface area contributed by atoms with Crippen LogP contribution in [0, 0.1) is 5.92 Å². The van der Waals surface area contributed by atoms with E-state index in [1.807, 2.05) is 23.1 Å². The molecule has 2 aliphatic rings. The van der Waals surface area contributed by atoms with Gasteiger partial charge in [0, 0.05) is 32.4 Å². The van der Waals surface area contributed by atoms with Crippen LogP contribution in [0.3, 0.4) is 0 Å². The van der Waals surface area contributed by atoms with Gasteiger partial charge in [-0.3, -0.25) is 14.6 Å². The van der Waals surface area contributed by atoms with Crippen molar-refractivity contribution in [3.05, 3.63) is 29.8 Å². The molecule has 0 saturated carbocycles. The molecule has 0 aliphatic carbocycles. The lowest BCUT2D eigenvalue weighted by Gasteiger charge is -2.33. The average molecular weight is 486 g/mol. The smallest absolute Gasteiger partial charge is 0.308 e. The van der Waals surface area contributed by atoms with Gasteiger partial charge in [-0.15, -0.1) is 24.0 Å². The summed E-state index contributed by atoms with van der Waals surface area (Å²) in [5.41, 5.74) is 2.23. The summed E-state index contributed by atoms with van der Waals surface area (Å²) in [7, 11) is 3.14. The Kier molecular flexibility index (Phi) is 7.88. The summed E-state index contributed by atoms with van der Waals surface area (Å²) >= 11 is 0. The Morgan fingerprint density at radius 2 is 1.93 bits per heavy atom. The highest BCUT2D eigenvalue weighted by Gasteiger charge is 2.28. The fourth-order valence-electron chi connectivity index (χ4n) is 3.67. The van der Waals surface area contributed by atoms with Gasteiger partial charge >= 0.3 is 5.97 Å². The molecule has 0 unspecified atom stereocenters. The molecule has 1 saturated heterocycles. The molecular weight excluding hydrogens is 459 g/mol. The highest BCUT2D eigenvalue weighted by molar-refractivity contribution is 14.0. The van der Waals surface area contributed by atoms with Crippen LogP contribution in [-0.4, -0.2) is 63.1 Å². The largest absolute Gasteiger partial charge is 0.469 e. The van der Waals surface area contributed by atoms with Gasteiger partial charge < -0.3 is 19.9 Å². The number of aliphatic imine (C=N–C) groups is 1. The molecule has 27 heavy (non-hydrogen) atoms. The zero-order chi connectivity index (χ0) is 18.5. The molecule has 3 rings (SSSR count). The van der Waals surface area contributed by atoms with Crippen molar-refractivity contribution in [3.8, 4) is 0 Å². The summed E-state index contributed by atoms with van der Waals surface area (Å²) < 4.78 is 4.82. The first-order valence-corrected chi connectivity index (χ1v) is 9.05. The highest BCUT2D eigenvalue weighted by atomic mass is 127. The molecule has 0 spiro atoms. The van der Waals surface area contributed by atoms with Crippen LogP contribution < -0.4 is 10.2 Å². The number of fused-ring (bicyclic) bond motifs is 1. The number of guanidine groups is 1. The van der Waals surface area contributed by atoms with E-state index in [0.717, 1.165) is 44.6 Å². The molecule has 0 atom stereocenters. The van der Waals surface area contributed by atoms with Gasteiger partial charge in [0.05, 0.1) is 19.6 Å². The van der Waals surface area contributed by atoms with Gasteiger partial charge in [-0.05, 0) is 30.9 Å². The number of likely N-dealkylation sites (tertiary alicyclic amines) is 1. The van der Waals surface area contributed by atoms with E-state index >= 15 is 0 Å². The Morgan fingerprint density at radius 3 is 2.59 bits per heavy atom. The van der Waals surface area contributed by atoms with Crippen LogP contribution in [0.5, 0.6) is 0 Å². The second kappa shape index (κ2) is 9.91. The van der Waals surface area contributed by atoms with Crippen LogP contribution in [-0.2, 0) is 20.7 Å². The summed E-state index contributed by atoms with van der Waals surface area (Å²) in [5.74, 6) is 0.558. The number of carbonyl (C=O) groups is 2. The number of esters is 1. The van der Waals surface area contributed by atoms with E-state index in [1.165, 1.54) is 12.7 Å². The number of amides is 1. The minimum atomic E-state index is -0.143. The molecule has 7 nitrogen and oxygen atoms in total. The van der Waals surface area contributed by atoms with E-state index in [-0.39, 0.29) is 48.3 Å². The molecule has 2 heterocycles. The van der Waals surface area contributed by atoms with Crippen LogP contribution in [0.25, 0.3) is 0 Å². The lowest BCUT2D eigenvalue weighted by atomic mass is 9.97. The second-order valence-corrected chi connectivity index (χ2v) is 6.61. The van der Waals surface area contributed by atoms with Gasteiger partial charge in [0.15, 0.2) is 5.96 Å². The Hall–Kier alpha value is -1.84. The molecule has 1 fully saturated rings. The molecule has 2 aliphatic heterocycles. The molecule has 1 aromatic carbocycles. The van der Waals surface area contributed by atoms with E-state index in [2.05, 4.69) is 21.3 Å². The van der Waals surface area contributed by atoms with Gasteiger partial charge in [-0.2, -0.15) is 0 Å². The molecule has 0 bridgehead atoms. The Morgan fingerprint density at radius 1 is 1.22 bits per heavy atom. The predicted molar refractivity (Wildman–Crippen MR) is 116 cm³/mol. The minimum Gasteiger partial charge on any atom is -0.469 e. The maximum atomic E-state index is 12.6. The molecule has 148 valence electrons. The Labute approximate surface area is 177 Å². The standard InChI is InChI=1S/C19H26N4O3.HI/c1-20-19(22-10-7-15(8-11-22)18(25)26-2)21-13-17(24)23-12-9-14-5-3-4-6-16(14)23;/h3-6,15H,7-13H2,1-2H3,(H,20,21);1H. The summed E-state index contributed by atoms with van der Waals surface area (Å²) in [4.78, 5) is 32.5. The monoisotopic (exact) mass is 486 g/mol. The van der Waals surface area contributed by atoms with Crippen molar-refractivity contribution in [2.45, 2.75) is 19.3 Å². The van der Waals surface area contributed by atoms with Gasteiger partial charge in [-0.25, -0.2) is 0 Å². The van der Waals surface area contributed by atoms with Crippen LogP contribution in [0.4, 0.5) is 5.69 Å². The number of nitrogens with zero attached hydrogens (tertiary/aromatic N) is 3. The second-order valence-electron chi connectivity index (χ2n) is 6.61. The fraction of sp³-hybridized carbons (Fsp3) is 0.526. The number of rotatable bonds is 3. The first-order valence-electron chi connectivity index (χ1n) is 9.05. The van der Waals surface area contributed by atoms with Crippen LogP contribution in [0.15, 0.2) is 29.3 Å². The number of anilines is 1. The highest BCUT2D eigenvalue weighted by Crippen LogP contribution is 2.27. The number of carbonyl (C=O) groups excluding carboxylic acids is 2. The Bertz CT molecular complexity index is 702. The summed E-state index contributed by atoms with van der Waals surface area (Å²) in [5, 5.41) is 3.17. The van der Waals surface area contributed by atoms with Gasteiger partial charge in [-0.1, -0.05) is 18.2 Å². The predicted octanol–water partition coefficient (Wildman–Crippen LogP) is 1.65. The van der Waals surface area contributed by atoms with E-state index in [9.17, 15) is 9.59 Å². The fourth-order valence-corrected chi connectivity index (χ4v) is 3.67. The summed E-state index contributed by atoms with van der Waals surface area (Å²) in [6.45, 7) is 2.38. The SMILES string of the molecule is CN=C(NCC(=O)N1CCc2ccccc21)N1CCC(C(=O)OC)CC1.I. The van der Waals surface area contributed by atoms with Crippen molar-refractivity contribution in [1.82, 2.24) is 10.2 Å². The lowest BCUT2D eigenvalue weighted by Crippen LogP contribution is -2.49. The van der Waals surface area contributed by atoms with E-state index < -0.39 is 0 Å². The topological polar surface area (TPSA) is 74.2 Å². The molecule has 1 amide bonds. The average Bonchev–Trinajstić information content (AvgIpc) is 3.12. The first-order chi connectivity index (χ1) is 12.6. The van der Waals surface area contributed by atoms with Crippen molar-refractivity contribution in [2.24, 2.45) is 10.9 Å². The Balaban J connectivity index is 0.00000261. The third kappa shape index (κ3) is 4.91. The van der Waals surface area contributed by atoms with Crippen molar-refractivity contribution in [1.29, 1.82) is 0 Å². The zero-order valence-electron chi connectivity index (χ0n) is 15.8. The quantitative estimate of drug-likeness (QED) is 0.305. The van der Waals surface area contributed by atoms with Crippen molar-refractivity contribution in [3.63, 3.8) is 0 Å². The number of nitrogens with one attached hydrogen (secondary N) is 1. The number of methoxy groups -OCH3 is 1. The van der Waals surface area contributed by atoms with Crippen molar-refractivity contribution < 1.29 is 14.3 Å². The van der Waals surface area contributed by atoms with Gasteiger partial charge in [0.1, 0.15) is 0 Å². The normalized spacial score (nSPS) is 17.2. The molecule has 1 aromatic rings. The molecule has 0 radical (unpaired) electrons. The van der Waals surface area contributed by atoms with Crippen molar-refractivity contribution >= 4 is 47.5 Å². The summed E-state index contributed by atoms with van der Waals surface area (Å²) in [6.07, 6.45) is 2.37. The molecule has 1 N–H and O–H groups in total. The van der Waals surface area contributed by atoms with Crippen LogP contribution in [0.1, 0.15) is 18.4 Å². The maximum absolute atomic E-state index is 12.6. The molecule has 8 heteroatoms. The van der Waals surface area contributed by atoms with E-state index in [4.69, 9.17) is 4.74 Å². The number of hydrogen-bond donors (Lipinski definition) is 1. The minimum absolute atomic E-state index is 0. The zero-order valence-corrected chi connectivity index (χ0v) is 18.1. The first kappa shape index (κ1) is 21.5. The number of piperidine rings is 1. The van der Waals surface area contributed by atoms with Crippen molar-refractivity contribution in [2.75, 3.05) is 45.2 Å². The van der Waals surface area contributed by atoms with Gasteiger partial charge in [0.2, 0.25) is 5.91 Å².